The first-order valence-electron chi connectivity index (χ1n) is 11.7. The molecule has 1 heterocycles. The molecule has 1 aliphatic rings. The molecule has 2 N–H and O–H groups in total. The van der Waals surface area contributed by atoms with Crippen LogP contribution in [0, 0.1) is 0 Å². The summed E-state index contributed by atoms with van der Waals surface area (Å²) in [5.41, 5.74) is 1.51. The Hall–Kier alpha value is -2.22. The van der Waals surface area contributed by atoms with E-state index in [2.05, 4.69) is 27.7 Å². The molecule has 3 rings (SSSR count). The molecule has 8 heteroatoms. The number of hydrogen-bond donors (Lipinski definition) is 2. The summed E-state index contributed by atoms with van der Waals surface area (Å²) in [4.78, 5) is 28.5. The zero-order valence-corrected chi connectivity index (χ0v) is 21.5. The van der Waals surface area contributed by atoms with Gasteiger partial charge >= 0.3 is 0 Å². The first-order chi connectivity index (χ1) is 16.5. The second kappa shape index (κ2) is 13.6. The molecule has 2 aromatic rings. The van der Waals surface area contributed by atoms with Gasteiger partial charge in [0.05, 0.1) is 23.7 Å². The highest BCUT2D eigenvalue weighted by atomic mass is 35.5. The molecule has 184 valence electrons. The minimum Gasteiger partial charge on any atom is -0.497 e. The highest BCUT2D eigenvalue weighted by Crippen LogP contribution is 2.26. The number of piperidine rings is 1. The van der Waals surface area contributed by atoms with Crippen LogP contribution < -0.4 is 15.4 Å². The van der Waals surface area contributed by atoms with Gasteiger partial charge in [0.15, 0.2) is 0 Å². The van der Waals surface area contributed by atoms with Gasteiger partial charge in [0, 0.05) is 6.54 Å². The van der Waals surface area contributed by atoms with E-state index < -0.39 is 6.04 Å². The lowest BCUT2D eigenvalue weighted by Crippen LogP contribution is -2.49. The van der Waals surface area contributed by atoms with Crippen LogP contribution in [0.2, 0.25) is 5.02 Å². The molecule has 0 aliphatic carbocycles. The molecule has 0 bridgehead atoms. The van der Waals surface area contributed by atoms with Gasteiger partial charge in [-0.25, -0.2) is 0 Å². The van der Waals surface area contributed by atoms with Crippen LogP contribution in [0.5, 0.6) is 5.75 Å². The van der Waals surface area contributed by atoms with E-state index in [1.807, 2.05) is 18.4 Å². The van der Waals surface area contributed by atoms with Crippen molar-refractivity contribution >= 4 is 35.2 Å². The SMILES string of the molecule is COc1ccc([C@H](CNC(=O)[C@@H](CCSC)NC(=O)c2ccccc2Cl)N2CCCCC2)cc1. The van der Waals surface area contributed by atoms with E-state index in [-0.39, 0.29) is 17.9 Å². The Labute approximate surface area is 211 Å². The minimum absolute atomic E-state index is 0.0654. The number of amides is 2. The highest BCUT2D eigenvalue weighted by Gasteiger charge is 2.26. The summed E-state index contributed by atoms with van der Waals surface area (Å²) >= 11 is 7.83. The summed E-state index contributed by atoms with van der Waals surface area (Å²) in [6.45, 7) is 2.49. The Morgan fingerprint density at radius 3 is 2.44 bits per heavy atom. The number of carbonyl (C=O) groups excluding carboxylic acids is 2. The van der Waals surface area contributed by atoms with E-state index in [0.717, 1.165) is 43.0 Å². The van der Waals surface area contributed by atoms with Gasteiger partial charge in [0.25, 0.3) is 5.91 Å². The standard InChI is InChI=1S/C26H34ClN3O3S/c1-33-20-12-10-19(11-13-20)24(30-15-6-3-7-16-30)18-28-26(32)23(14-17-34-2)29-25(31)21-8-4-5-9-22(21)27/h4-5,8-13,23-24H,3,6-7,14-18H2,1-2H3,(H,28,32)(H,29,31)/t23-,24+/m1/s1. The van der Waals surface area contributed by atoms with Crippen molar-refractivity contribution in [1.82, 2.24) is 15.5 Å². The van der Waals surface area contributed by atoms with E-state index in [9.17, 15) is 9.59 Å². The van der Waals surface area contributed by atoms with Crippen LogP contribution in [0.25, 0.3) is 0 Å². The summed E-state index contributed by atoms with van der Waals surface area (Å²) in [5.74, 6) is 1.05. The highest BCUT2D eigenvalue weighted by molar-refractivity contribution is 7.98. The van der Waals surface area contributed by atoms with Gasteiger partial charge in [0.2, 0.25) is 5.91 Å². The van der Waals surface area contributed by atoms with Crippen LogP contribution in [-0.2, 0) is 4.79 Å². The number of likely N-dealkylation sites (tertiary alicyclic amines) is 1. The number of halogens is 1. The van der Waals surface area contributed by atoms with Crippen molar-refractivity contribution in [3.05, 3.63) is 64.7 Å². The van der Waals surface area contributed by atoms with Crippen molar-refractivity contribution in [1.29, 1.82) is 0 Å². The molecule has 1 saturated heterocycles. The number of hydrogen-bond acceptors (Lipinski definition) is 5. The fraction of sp³-hybridized carbons (Fsp3) is 0.462. The summed E-state index contributed by atoms with van der Waals surface area (Å²) in [6.07, 6.45) is 6.08. The molecule has 0 spiro atoms. The third-order valence-electron chi connectivity index (χ3n) is 6.15. The van der Waals surface area contributed by atoms with Crippen LogP contribution in [0.3, 0.4) is 0 Å². The first-order valence-corrected chi connectivity index (χ1v) is 13.5. The van der Waals surface area contributed by atoms with E-state index in [0.29, 0.717) is 23.6 Å². The maximum absolute atomic E-state index is 13.2. The van der Waals surface area contributed by atoms with Crippen LogP contribution >= 0.6 is 23.4 Å². The Balaban J connectivity index is 1.70. The molecule has 6 nitrogen and oxygen atoms in total. The number of thioether (sulfide) groups is 1. The Morgan fingerprint density at radius 2 is 1.79 bits per heavy atom. The predicted molar refractivity (Wildman–Crippen MR) is 140 cm³/mol. The molecule has 1 fully saturated rings. The van der Waals surface area contributed by atoms with Crippen molar-refractivity contribution in [2.75, 3.05) is 38.8 Å². The molecule has 34 heavy (non-hydrogen) atoms. The third-order valence-corrected chi connectivity index (χ3v) is 7.13. The summed E-state index contributed by atoms with van der Waals surface area (Å²) < 4.78 is 5.31. The van der Waals surface area contributed by atoms with Crippen LogP contribution in [-0.4, -0.2) is 61.5 Å². The van der Waals surface area contributed by atoms with Gasteiger partial charge in [-0.3, -0.25) is 14.5 Å². The van der Waals surface area contributed by atoms with Gasteiger partial charge in [-0.1, -0.05) is 42.3 Å². The second-order valence-corrected chi connectivity index (χ2v) is 9.81. The zero-order chi connectivity index (χ0) is 24.3. The van der Waals surface area contributed by atoms with Crippen molar-refractivity contribution in [2.45, 2.75) is 37.8 Å². The molecule has 0 saturated carbocycles. The fourth-order valence-electron chi connectivity index (χ4n) is 4.22. The van der Waals surface area contributed by atoms with Crippen molar-refractivity contribution in [3.8, 4) is 5.75 Å². The topological polar surface area (TPSA) is 70.7 Å². The lowest BCUT2D eigenvalue weighted by atomic mass is 10.0. The zero-order valence-electron chi connectivity index (χ0n) is 19.9. The monoisotopic (exact) mass is 503 g/mol. The van der Waals surface area contributed by atoms with Crippen LogP contribution in [0.1, 0.15) is 47.6 Å². The molecule has 0 unspecified atom stereocenters. The molecule has 2 aromatic carbocycles. The van der Waals surface area contributed by atoms with E-state index >= 15 is 0 Å². The summed E-state index contributed by atoms with van der Waals surface area (Å²) in [6, 6.07) is 14.3. The average molecular weight is 504 g/mol. The first kappa shape index (κ1) is 26.4. The summed E-state index contributed by atoms with van der Waals surface area (Å²) in [7, 11) is 1.66. The Bertz CT molecular complexity index is 935. The van der Waals surface area contributed by atoms with E-state index in [1.165, 1.54) is 6.42 Å². The van der Waals surface area contributed by atoms with Gasteiger partial charge in [-0.05, 0) is 74.2 Å². The van der Waals surface area contributed by atoms with E-state index in [4.69, 9.17) is 16.3 Å². The number of ether oxygens (including phenoxy) is 1. The van der Waals surface area contributed by atoms with Crippen LogP contribution in [0.15, 0.2) is 48.5 Å². The maximum Gasteiger partial charge on any atom is 0.253 e. The minimum atomic E-state index is -0.630. The lowest BCUT2D eigenvalue weighted by Gasteiger charge is -2.35. The Kier molecular flexibility index (Phi) is 10.6. The lowest BCUT2D eigenvalue weighted by molar-refractivity contribution is -0.123. The number of nitrogens with zero attached hydrogens (tertiary/aromatic N) is 1. The van der Waals surface area contributed by atoms with Crippen molar-refractivity contribution in [2.24, 2.45) is 0 Å². The summed E-state index contributed by atoms with van der Waals surface area (Å²) in [5, 5.41) is 6.38. The molecule has 1 aliphatic heterocycles. The normalized spacial score (nSPS) is 15.9. The molecular weight excluding hydrogens is 470 g/mol. The molecule has 0 radical (unpaired) electrons. The third kappa shape index (κ3) is 7.39. The number of carbonyl (C=O) groups is 2. The maximum atomic E-state index is 13.2. The van der Waals surface area contributed by atoms with Gasteiger partial charge < -0.3 is 15.4 Å². The predicted octanol–water partition coefficient (Wildman–Crippen LogP) is 4.54. The number of methoxy groups -OCH3 is 1. The largest absolute Gasteiger partial charge is 0.497 e. The van der Waals surface area contributed by atoms with Gasteiger partial charge in [-0.15, -0.1) is 0 Å². The smallest absolute Gasteiger partial charge is 0.253 e. The number of rotatable bonds is 11. The Morgan fingerprint density at radius 1 is 1.09 bits per heavy atom. The molecular formula is C26H34ClN3O3S. The van der Waals surface area contributed by atoms with Crippen molar-refractivity contribution < 1.29 is 14.3 Å². The molecule has 2 atom stereocenters. The van der Waals surface area contributed by atoms with Crippen LogP contribution in [0.4, 0.5) is 0 Å². The average Bonchev–Trinajstić information content (AvgIpc) is 2.87. The molecule has 2 amide bonds. The van der Waals surface area contributed by atoms with Gasteiger partial charge in [0.1, 0.15) is 11.8 Å². The quantitative estimate of drug-likeness (QED) is 0.471. The van der Waals surface area contributed by atoms with Gasteiger partial charge in [-0.2, -0.15) is 11.8 Å². The number of benzene rings is 2. The fourth-order valence-corrected chi connectivity index (χ4v) is 4.91. The van der Waals surface area contributed by atoms with E-state index in [1.54, 1.807) is 43.1 Å². The number of nitrogens with one attached hydrogen (secondary N) is 2. The molecule has 0 aromatic heterocycles. The van der Waals surface area contributed by atoms with Crippen molar-refractivity contribution in [3.63, 3.8) is 0 Å². The second-order valence-electron chi connectivity index (χ2n) is 8.42.